The molecule has 0 aliphatic rings. The summed E-state index contributed by atoms with van der Waals surface area (Å²) in [6.07, 6.45) is 3.21. The highest BCUT2D eigenvalue weighted by Gasteiger charge is 2.06. The zero-order valence-electron chi connectivity index (χ0n) is 13.1. The normalized spacial score (nSPS) is 10.3. The Bertz CT molecular complexity index is 773. The smallest absolute Gasteiger partial charge is 0.251 e. The number of nitrogens with one attached hydrogen (secondary N) is 1. The molecule has 0 aliphatic heterocycles. The Morgan fingerprint density at radius 3 is 2.62 bits per heavy atom. The van der Waals surface area contributed by atoms with E-state index in [9.17, 15) is 4.79 Å². The van der Waals surface area contributed by atoms with Crippen LogP contribution in [0.2, 0.25) is 0 Å². The van der Waals surface area contributed by atoms with Crippen molar-refractivity contribution in [2.45, 2.75) is 13.2 Å². The van der Waals surface area contributed by atoms with E-state index in [0.717, 1.165) is 5.56 Å². The summed E-state index contributed by atoms with van der Waals surface area (Å²) in [5.41, 5.74) is 1.65. The number of carbonyl (C=O) groups is 1. The standard InChI is InChI=1S/C18H18N4O2/c23-18(19-11-12-22-20-9-10-21-22)16-7-4-8-17(13-16)24-14-15-5-2-1-3-6-15/h1-10,13H,11-12,14H2,(H,19,23). The fraction of sp³-hybridized carbons (Fsp3) is 0.167. The largest absolute Gasteiger partial charge is 0.489 e. The Kier molecular flexibility index (Phi) is 5.19. The lowest BCUT2D eigenvalue weighted by Crippen LogP contribution is -2.27. The predicted octanol–water partition coefficient (Wildman–Crippen LogP) is 2.29. The highest BCUT2D eigenvalue weighted by molar-refractivity contribution is 5.94. The highest BCUT2D eigenvalue weighted by Crippen LogP contribution is 2.15. The highest BCUT2D eigenvalue weighted by atomic mass is 16.5. The molecule has 0 unspecified atom stereocenters. The SMILES string of the molecule is O=C(NCCn1nccn1)c1cccc(OCc2ccccc2)c1. The topological polar surface area (TPSA) is 69.0 Å². The second-order valence-corrected chi connectivity index (χ2v) is 5.18. The molecule has 2 aromatic carbocycles. The van der Waals surface area contributed by atoms with Crippen molar-refractivity contribution in [1.82, 2.24) is 20.3 Å². The van der Waals surface area contributed by atoms with Crippen molar-refractivity contribution in [3.05, 3.63) is 78.1 Å². The first-order valence-corrected chi connectivity index (χ1v) is 7.70. The van der Waals surface area contributed by atoms with Gasteiger partial charge in [-0.15, -0.1) is 0 Å². The van der Waals surface area contributed by atoms with Crippen LogP contribution in [0.3, 0.4) is 0 Å². The van der Waals surface area contributed by atoms with Crippen LogP contribution in [0.4, 0.5) is 0 Å². The summed E-state index contributed by atoms with van der Waals surface area (Å²) in [5.74, 6) is 0.521. The molecule has 1 heterocycles. The first-order valence-electron chi connectivity index (χ1n) is 7.70. The van der Waals surface area contributed by atoms with Gasteiger partial charge in [-0.3, -0.25) is 4.79 Å². The summed E-state index contributed by atoms with van der Waals surface area (Å²) in [4.78, 5) is 13.7. The quantitative estimate of drug-likeness (QED) is 0.724. The van der Waals surface area contributed by atoms with Crippen molar-refractivity contribution in [2.75, 3.05) is 6.54 Å². The van der Waals surface area contributed by atoms with E-state index in [-0.39, 0.29) is 5.91 Å². The number of rotatable bonds is 7. The van der Waals surface area contributed by atoms with Crippen LogP contribution in [-0.4, -0.2) is 27.4 Å². The Hall–Kier alpha value is -3.15. The van der Waals surface area contributed by atoms with Gasteiger partial charge in [-0.1, -0.05) is 36.4 Å². The summed E-state index contributed by atoms with van der Waals surface area (Å²) in [6, 6.07) is 17.1. The second-order valence-electron chi connectivity index (χ2n) is 5.18. The molecule has 122 valence electrons. The van der Waals surface area contributed by atoms with Gasteiger partial charge in [0.15, 0.2) is 0 Å². The Morgan fingerprint density at radius 2 is 1.83 bits per heavy atom. The summed E-state index contributed by atoms with van der Waals surface area (Å²) < 4.78 is 5.74. The first kappa shape index (κ1) is 15.7. The first-order chi connectivity index (χ1) is 11.8. The number of aromatic nitrogens is 3. The molecule has 0 saturated heterocycles. The van der Waals surface area contributed by atoms with Crippen molar-refractivity contribution in [2.24, 2.45) is 0 Å². The van der Waals surface area contributed by atoms with Gasteiger partial charge in [0.05, 0.1) is 18.9 Å². The number of hydrogen-bond acceptors (Lipinski definition) is 4. The lowest BCUT2D eigenvalue weighted by atomic mass is 10.2. The van der Waals surface area contributed by atoms with Gasteiger partial charge in [-0.2, -0.15) is 15.0 Å². The molecular formula is C18H18N4O2. The molecule has 0 radical (unpaired) electrons. The predicted molar refractivity (Wildman–Crippen MR) is 89.6 cm³/mol. The van der Waals surface area contributed by atoms with E-state index in [1.807, 2.05) is 42.5 Å². The van der Waals surface area contributed by atoms with Crippen LogP contribution < -0.4 is 10.1 Å². The third-order valence-corrected chi connectivity index (χ3v) is 3.41. The van der Waals surface area contributed by atoms with Crippen LogP contribution in [0.25, 0.3) is 0 Å². The van der Waals surface area contributed by atoms with Crippen LogP contribution in [-0.2, 0) is 13.2 Å². The molecule has 0 aliphatic carbocycles. The van der Waals surface area contributed by atoms with Crippen LogP contribution in [0.15, 0.2) is 67.0 Å². The number of ether oxygens (including phenoxy) is 1. The third-order valence-electron chi connectivity index (χ3n) is 3.41. The average molecular weight is 322 g/mol. The van der Waals surface area contributed by atoms with Crippen LogP contribution in [0.1, 0.15) is 15.9 Å². The van der Waals surface area contributed by atoms with Crippen molar-refractivity contribution in [3.8, 4) is 5.75 Å². The zero-order valence-corrected chi connectivity index (χ0v) is 13.1. The van der Waals surface area contributed by atoms with Gasteiger partial charge >= 0.3 is 0 Å². The number of nitrogens with zero attached hydrogens (tertiary/aromatic N) is 3. The molecule has 0 atom stereocenters. The van der Waals surface area contributed by atoms with Crippen molar-refractivity contribution in [1.29, 1.82) is 0 Å². The minimum absolute atomic E-state index is 0.146. The van der Waals surface area contributed by atoms with Gasteiger partial charge in [0.25, 0.3) is 5.91 Å². The molecule has 1 N–H and O–H groups in total. The molecule has 3 aromatic rings. The second kappa shape index (κ2) is 7.92. The molecule has 0 fully saturated rings. The lowest BCUT2D eigenvalue weighted by molar-refractivity contribution is 0.0951. The zero-order chi connectivity index (χ0) is 16.6. The lowest BCUT2D eigenvalue weighted by Gasteiger charge is -2.09. The van der Waals surface area contributed by atoms with Gasteiger partial charge in [-0.25, -0.2) is 0 Å². The maximum absolute atomic E-state index is 12.2. The molecule has 1 amide bonds. The van der Waals surface area contributed by atoms with Gasteiger partial charge in [0, 0.05) is 12.1 Å². The van der Waals surface area contributed by atoms with E-state index >= 15 is 0 Å². The summed E-state index contributed by atoms with van der Waals surface area (Å²) in [6.45, 7) is 1.46. The minimum atomic E-state index is -0.146. The molecule has 3 rings (SSSR count). The average Bonchev–Trinajstić information content (AvgIpc) is 3.14. The Labute approximate surface area is 140 Å². The maximum atomic E-state index is 12.2. The molecule has 6 heteroatoms. The van der Waals surface area contributed by atoms with Gasteiger partial charge in [0.1, 0.15) is 12.4 Å². The van der Waals surface area contributed by atoms with Crippen LogP contribution in [0.5, 0.6) is 5.75 Å². The number of benzene rings is 2. The molecule has 0 bridgehead atoms. The summed E-state index contributed by atoms with van der Waals surface area (Å²) in [5, 5.41) is 10.8. The van der Waals surface area contributed by atoms with Crippen molar-refractivity contribution >= 4 is 5.91 Å². The van der Waals surface area contributed by atoms with Crippen molar-refractivity contribution in [3.63, 3.8) is 0 Å². The molecule has 1 aromatic heterocycles. The van der Waals surface area contributed by atoms with E-state index < -0.39 is 0 Å². The molecule has 0 spiro atoms. The minimum Gasteiger partial charge on any atom is -0.489 e. The van der Waals surface area contributed by atoms with E-state index in [1.165, 1.54) is 4.80 Å². The molecule has 24 heavy (non-hydrogen) atoms. The number of carbonyl (C=O) groups excluding carboxylic acids is 1. The molecular weight excluding hydrogens is 304 g/mol. The van der Waals surface area contributed by atoms with Gasteiger partial charge in [-0.05, 0) is 23.8 Å². The molecule has 6 nitrogen and oxygen atoms in total. The fourth-order valence-corrected chi connectivity index (χ4v) is 2.20. The van der Waals surface area contributed by atoms with E-state index in [0.29, 0.717) is 31.0 Å². The molecule has 0 saturated carbocycles. The maximum Gasteiger partial charge on any atom is 0.251 e. The van der Waals surface area contributed by atoms with Crippen LogP contribution >= 0.6 is 0 Å². The summed E-state index contributed by atoms with van der Waals surface area (Å²) in [7, 11) is 0. The monoisotopic (exact) mass is 322 g/mol. The van der Waals surface area contributed by atoms with E-state index in [4.69, 9.17) is 4.74 Å². The number of hydrogen-bond donors (Lipinski definition) is 1. The van der Waals surface area contributed by atoms with E-state index in [2.05, 4.69) is 15.5 Å². The van der Waals surface area contributed by atoms with Gasteiger partial charge < -0.3 is 10.1 Å². The van der Waals surface area contributed by atoms with Crippen LogP contribution in [0, 0.1) is 0 Å². The third kappa shape index (κ3) is 4.42. The Balaban J connectivity index is 1.53. The number of amides is 1. The van der Waals surface area contributed by atoms with Crippen molar-refractivity contribution < 1.29 is 9.53 Å². The Morgan fingerprint density at radius 1 is 1.04 bits per heavy atom. The summed E-state index contributed by atoms with van der Waals surface area (Å²) >= 11 is 0. The fourth-order valence-electron chi connectivity index (χ4n) is 2.20. The van der Waals surface area contributed by atoms with Gasteiger partial charge in [0.2, 0.25) is 0 Å². The van der Waals surface area contributed by atoms with E-state index in [1.54, 1.807) is 24.5 Å².